The Balaban J connectivity index is 1.96. The second-order valence-electron chi connectivity index (χ2n) is 4.85. The minimum Gasteiger partial charge on any atom is -0.382 e. The number of anilines is 1. The first-order valence-corrected chi connectivity index (χ1v) is 7.22. The largest absolute Gasteiger partial charge is 0.382 e. The number of amides is 1. The normalized spacial score (nSPS) is 16.0. The molecule has 0 bridgehead atoms. The van der Waals surface area contributed by atoms with Gasteiger partial charge in [-0.1, -0.05) is 0 Å². The fourth-order valence-corrected chi connectivity index (χ4v) is 2.84. The smallest absolute Gasteiger partial charge is 0.283 e. The highest BCUT2D eigenvalue weighted by atomic mass is 79.9. The summed E-state index contributed by atoms with van der Waals surface area (Å²) in [6.07, 6.45) is 1.77. The molecule has 1 amide bonds. The van der Waals surface area contributed by atoms with Gasteiger partial charge in [-0.15, -0.1) is 0 Å². The Morgan fingerprint density at radius 1 is 1.45 bits per heavy atom. The Morgan fingerprint density at radius 3 is 2.60 bits per heavy atom. The van der Waals surface area contributed by atoms with E-state index in [1.165, 1.54) is 6.07 Å². The van der Waals surface area contributed by atoms with Gasteiger partial charge >= 0.3 is 0 Å². The number of likely N-dealkylation sites (tertiary alicyclic amines) is 1. The van der Waals surface area contributed by atoms with Crippen molar-refractivity contribution in [3.05, 3.63) is 32.8 Å². The van der Waals surface area contributed by atoms with E-state index in [4.69, 9.17) is 0 Å². The zero-order chi connectivity index (χ0) is 14.7. The van der Waals surface area contributed by atoms with Crippen LogP contribution in [0.5, 0.6) is 0 Å². The fourth-order valence-electron chi connectivity index (χ4n) is 2.32. The first kappa shape index (κ1) is 14.8. The van der Waals surface area contributed by atoms with Crippen LogP contribution in [0, 0.1) is 10.1 Å². The number of halogens is 1. The van der Waals surface area contributed by atoms with Crippen molar-refractivity contribution in [2.75, 3.05) is 18.4 Å². The molecule has 0 aliphatic carbocycles. The maximum absolute atomic E-state index is 11.2. The number of hydrogen-bond donors (Lipinski definition) is 1. The van der Waals surface area contributed by atoms with Gasteiger partial charge in [-0.25, -0.2) is 0 Å². The van der Waals surface area contributed by atoms with Crippen LogP contribution in [0.1, 0.15) is 19.8 Å². The summed E-state index contributed by atoms with van der Waals surface area (Å²) in [5.74, 6) is 0.113. The Kier molecular flexibility index (Phi) is 4.59. The van der Waals surface area contributed by atoms with E-state index >= 15 is 0 Å². The van der Waals surface area contributed by atoms with Crippen LogP contribution in [-0.4, -0.2) is 34.9 Å². The third kappa shape index (κ3) is 3.47. The molecule has 1 N–H and O–H groups in total. The second kappa shape index (κ2) is 6.21. The summed E-state index contributed by atoms with van der Waals surface area (Å²) in [7, 11) is 0. The van der Waals surface area contributed by atoms with Gasteiger partial charge in [0, 0.05) is 37.8 Å². The Bertz CT molecular complexity index is 528. The summed E-state index contributed by atoms with van der Waals surface area (Å²) < 4.78 is 0.466. The Labute approximate surface area is 125 Å². The number of carbonyl (C=O) groups excluding carboxylic acids is 1. The summed E-state index contributed by atoms with van der Waals surface area (Å²) in [5, 5.41) is 14.1. The van der Waals surface area contributed by atoms with Crippen molar-refractivity contribution >= 4 is 33.2 Å². The lowest BCUT2D eigenvalue weighted by Gasteiger charge is -2.32. The number of nitrogens with one attached hydrogen (secondary N) is 1. The first-order chi connectivity index (χ1) is 9.47. The lowest BCUT2D eigenvalue weighted by molar-refractivity contribution is -0.385. The van der Waals surface area contributed by atoms with Gasteiger partial charge in [0.2, 0.25) is 5.91 Å². The number of piperidine rings is 1. The number of nitro groups is 1. The zero-order valence-electron chi connectivity index (χ0n) is 11.1. The molecule has 108 valence electrons. The maximum atomic E-state index is 11.2. The molecular weight excluding hydrogens is 326 g/mol. The molecule has 1 fully saturated rings. The van der Waals surface area contributed by atoms with E-state index in [0.29, 0.717) is 10.5 Å². The molecule has 0 atom stereocenters. The summed E-state index contributed by atoms with van der Waals surface area (Å²) in [5.41, 5.74) is 0.908. The van der Waals surface area contributed by atoms with Crippen LogP contribution in [-0.2, 0) is 4.79 Å². The molecule has 0 spiro atoms. The molecule has 1 aliphatic rings. The summed E-state index contributed by atoms with van der Waals surface area (Å²) >= 11 is 3.21. The number of carbonyl (C=O) groups is 1. The standard InChI is InChI=1S/C13H16BrN3O3/c1-9(18)16-6-4-10(5-7-16)15-11-2-3-13(17(19)20)12(14)8-11/h2-3,8,10,15H,4-7H2,1H3. The van der Waals surface area contributed by atoms with Gasteiger partial charge < -0.3 is 10.2 Å². The molecule has 0 radical (unpaired) electrons. The lowest BCUT2D eigenvalue weighted by Crippen LogP contribution is -2.41. The molecule has 1 aromatic carbocycles. The molecule has 1 saturated heterocycles. The molecule has 0 unspecified atom stereocenters. The summed E-state index contributed by atoms with van der Waals surface area (Å²) in [6.45, 7) is 3.09. The van der Waals surface area contributed by atoms with E-state index in [1.54, 1.807) is 19.1 Å². The van der Waals surface area contributed by atoms with Crippen LogP contribution in [0.25, 0.3) is 0 Å². The third-order valence-corrected chi connectivity index (χ3v) is 4.09. The van der Waals surface area contributed by atoms with Crippen LogP contribution < -0.4 is 5.32 Å². The van der Waals surface area contributed by atoms with Gasteiger partial charge in [0.1, 0.15) is 0 Å². The molecular formula is C13H16BrN3O3. The lowest BCUT2D eigenvalue weighted by atomic mass is 10.0. The van der Waals surface area contributed by atoms with Crippen LogP contribution >= 0.6 is 15.9 Å². The number of hydrogen-bond acceptors (Lipinski definition) is 4. The van der Waals surface area contributed by atoms with Gasteiger partial charge in [0.25, 0.3) is 5.69 Å². The molecule has 1 aromatic rings. The quantitative estimate of drug-likeness (QED) is 0.677. The monoisotopic (exact) mass is 341 g/mol. The van der Waals surface area contributed by atoms with Crippen molar-refractivity contribution in [1.82, 2.24) is 4.90 Å². The maximum Gasteiger partial charge on any atom is 0.283 e. The van der Waals surface area contributed by atoms with Gasteiger partial charge in [-0.05, 0) is 40.9 Å². The van der Waals surface area contributed by atoms with E-state index in [-0.39, 0.29) is 11.6 Å². The molecule has 0 aromatic heterocycles. The van der Waals surface area contributed by atoms with Crippen LogP contribution in [0.3, 0.4) is 0 Å². The first-order valence-electron chi connectivity index (χ1n) is 6.43. The highest BCUT2D eigenvalue weighted by Crippen LogP contribution is 2.28. The van der Waals surface area contributed by atoms with Crippen LogP contribution in [0.15, 0.2) is 22.7 Å². The average molecular weight is 342 g/mol. The SMILES string of the molecule is CC(=O)N1CCC(Nc2ccc([N+](=O)[O-])c(Br)c2)CC1. The van der Waals surface area contributed by atoms with Crippen molar-refractivity contribution in [2.24, 2.45) is 0 Å². The number of nitrogens with zero attached hydrogens (tertiary/aromatic N) is 2. The van der Waals surface area contributed by atoms with E-state index in [0.717, 1.165) is 31.6 Å². The van der Waals surface area contributed by atoms with E-state index < -0.39 is 4.92 Å². The van der Waals surface area contributed by atoms with E-state index in [1.807, 2.05) is 4.90 Å². The Morgan fingerprint density at radius 2 is 2.10 bits per heavy atom. The topological polar surface area (TPSA) is 75.5 Å². The minimum absolute atomic E-state index is 0.0574. The summed E-state index contributed by atoms with van der Waals surface area (Å²) in [6, 6.07) is 5.20. The van der Waals surface area contributed by atoms with Gasteiger partial charge in [-0.3, -0.25) is 14.9 Å². The van der Waals surface area contributed by atoms with Crippen molar-refractivity contribution in [2.45, 2.75) is 25.8 Å². The Hall–Kier alpha value is -1.63. The average Bonchev–Trinajstić information content (AvgIpc) is 2.39. The predicted octanol–water partition coefficient (Wildman–Crippen LogP) is 2.78. The van der Waals surface area contributed by atoms with Crippen LogP contribution in [0.2, 0.25) is 0 Å². The van der Waals surface area contributed by atoms with E-state index in [2.05, 4.69) is 21.2 Å². The second-order valence-corrected chi connectivity index (χ2v) is 5.70. The van der Waals surface area contributed by atoms with Crippen molar-refractivity contribution in [1.29, 1.82) is 0 Å². The third-order valence-electron chi connectivity index (χ3n) is 3.46. The predicted molar refractivity (Wildman–Crippen MR) is 79.7 cm³/mol. The van der Waals surface area contributed by atoms with Crippen molar-refractivity contribution in [3.8, 4) is 0 Å². The molecule has 1 aliphatic heterocycles. The van der Waals surface area contributed by atoms with Gasteiger partial charge in [0.15, 0.2) is 0 Å². The van der Waals surface area contributed by atoms with Gasteiger partial charge in [-0.2, -0.15) is 0 Å². The molecule has 20 heavy (non-hydrogen) atoms. The molecule has 0 saturated carbocycles. The minimum atomic E-state index is -0.417. The highest BCUT2D eigenvalue weighted by Gasteiger charge is 2.21. The van der Waals surface area contributed by atoms with Crippen LogP contribution in [0.4, 0.5) is 11.4 Å². The molecule has 6 nitrogen and oxygen atoms in total. The number of rotatable bonds is 3. The van der Waals surface area contributed by atoms with Crippen molar-refractivity contribution < 1.29 is 9.72 Å². The highest BCUT2D eigenvalue weighted by molar-refractivity contribution is 9.10. The van der Waals surface area contributed by atoms with Gasteiger partial charge in [0.05, 0.1) is 9.40 Å². The number of benzene rings is 1. The zero-order valence-corrected chi connectivity index (χ0v) is 12.7. The number of nitro benzene ring substituents is 1. The van der Waals surface area contributed by atoms with E-state index in [9.17, 15) is 14.9 Å². The molecule has 2 rings (SSSR count). The summed E-state index contributed by atoms with van der Waals surface area (Å²) in [4.78, 5) is 23.4. The molecule has 7 heteroatoms. The van der Waals surface area contributed by atoms with Crippen molar-refractivity contribution in [3.63, 3.8) is 0 Å². The fraction of sp³-hybridized carbons (Fsp3) is 0.462. The molecule has 1 heterocycles.